The quantitative estimate of drug-likeness (QED) is 0.223. The number of hydrogen-bond acceptors (Lipinski definition) is 3. The summed E-state index contributed by atoms with van der Waals surface area (Å²) in [6.45, 7) is 0. The van der Waals surface area contributed by atoms with Crippen LogP contribution in [0.15, 0.2) is 121 Å². The summed E-state index contributed by atoms with van der Waals surface area (Å²) in [7, 11) is 0. The maximum absolute atomic E-state index is 6.57. The SMILES string of the molecule is c1ccc(-c2nc(-c3ccc4c(c3)C3c5cccc6cccc(c56)C3O4)nc3c2ccc2ccccc23)cc1. The standard InChI is InChI=1S/C36H22N2O/c1-2-9-23(10-3-1)33-28-18-16-21-8-4-5-13-25(21)34(28)38-36(37-33)24-17-19-30-29(20-24)32-26-14-6-11-22-12-7-15-27(31(22)26)35(32)39-30/h1-20,32,35H. The molecule has 9 rings (SSSR count). The highest BCUT2D eigenvalue weighted by Gasteiger charge is 2.43. The summed E-state index contributed by atoms with van der Waals surface area (Å²) >= 11 is 0. The minimum absolute atomic E-state index is 0.0118. The van der Waals surface area contributed by atoms with Crippen molar-refractivity contribution in [3.8, 4) is 28.4 Å². The predicted molar refractivity (Wildman–Crippen MR) is 157 cm³/mol. The number of hydrogen-bond donors (Lipinski definition) is 0. The fourth-order valence-corrected chi connectivity index (χ4v) is 6.68. The van der Waals surface area contributed by atoms with Crippen LogP contribution in [-0.2, 0) is 0 Å². The molecule has 0 saturated heterocycles. The van der Waals surface area contributed by atoms with Crippen LogP contribution in [0.1, 0.15) is 28.7 Å². The van der Waals surface area contributed by atoms with Gasteiger partial charge in [-0.2, -0.15) is 0 Å². The van der Waals surface area contributed by atoms with Crippen molar-refractivity contribution < 1.29 is 4.74 Å². The Bertz CT molecular complexity index is 2110. The lowest BCUT2D eigenvalue weighted by Crippen LogP contribution is -2.04. The van der Waals surface area contributed by atoms with Gasteiger partial charge >= 0.3 is 0 Å². The molecule has 0 fully saturated rings. The molecule has 2 aliphatic rings. The highest BCUT2D eigenvalue weighted by atomic mass is 16.5. The monoisotopic (exact) mass is 498 g/mol. The summed E-state index contributed by atoms with van der Waals surface area (Å²) in [4.78, 5) is 10.4. The fraction of sp³-hybridized carbons (Fsp3) is 0.0556. The lowest BCUT2D eigenvalue weighted by atomic mass is 9.90. The van der Waals surface area contributed by atoms with E-state index in [4.69, 9.17) is 14.7 Å². The predicted octanol–water partition coefficient (Wildman–Crippen LogP) is 8.85. The average Bonchev–Trinajstić information content (AvgIpc) is 3.53. The highest BCUT2D eigenvalue weighted by Crippen LogP contribution is 2.57. The fourth-order valence-electron chi connectivity index (χ4n) is 6.68. The van der Waals surface area contributed by atoms with Gasteiger partial charge in [-0.15, -0.1) is 0 Å². The normalized spacial score (nSPS) is 16.9. The van der Waals surface area contributed by atoms with Crippen molar-refractivity contribution in [1.82, 2.24) is 9.97 Å². The first kappa shape index (κ1) is 21.0. The molecule has 0 radical (unpaired) electrons. The van der Waals surface area contributed by atoms with E-state index in [1.165, 1.54) is 32.8 Å². The summed E-state index contributed by atoms with van der Waals surface area (Å²) in [6, 6.07) is 42.8. The van der Waals surface area contributed by atoms with Gasteiger partial charge in [0.15, 0.2) is 5.82 Å². The van der Waals surface area contributed by atoms with Gasteiger partial charge in [0.05, 0.1) is 17.1 Å². The molecule has 1 aromatic heterocycles. The number of aromatic nitrogens is 2. The molecule has 2 atom stereocenters. The Morgan fingerprint density at radius 3 is 2.23 bits per heavy atom. The molecule has 0 saturated carbocycles. The van der Waals surface area contributed by atoms with E-state index in [0.717, 1.165) is 44.7 Å². The third-order valence-corrected chi connectivity index (χ3v) is 8.41. The van der Waals surface area contributed by atoms with Gasteiger partial charge in [-0.1, -0.05) is 97.1 Å². The molecule has 0 amide bonds. The minimum Gasteiger partial charge on any atom is -0.484 e. The van der Waals surface area contributed by atoms with Crippen molar-refractivity contribution in [3.05, 3.63) is 138 Å². The van der Waals surface area contributed by atoms with E-state index in [2.05, 4.69) is 115 Å². The third kappa shape index (κ3) is 2.93. The molecule has 0 bridgehead atoms. The van der Waals surface area contributed by atoms with Crippen LogP contribution in [0.4, 0.5) is 0 Å². The van der Waals surface area contributed by atoms with Crippen LogP contribution in [0.5, 0.6) is 5.75 Å². The number of ether oxygens (including phenoxy) is 1. The van der Waals surface area contributed by atoms with Crippen molar-refractivity contribution in [1.29, 1.82) is 0 Å². The molecule has 0 spiro atoms. The average molecular weight is 499 g/mol. The van der Waals surface area contributed by atoms with Crippen molar-refractivity contribution in [2.45, 2.75) is 12.0 Å². The maximum atomic E-state index is 6.57. The van der Waals surface area contributed by atoms with Crippen LogP contribution in [0.25, 0.3) is 55.1 Å². The number of fused-ring (bicyclic) bond motifs is 8. The molecule has 1 aliphatic heterocycles. The van der Waals surface area contributed by atoms with E-state index in [0.29, 0.717) is 0 Å². The molecule has 0 N–H and O–H groups in total. The number of rotatable bonds is 2. The van der Waals surface area contributed by atoms with Crippen LogP contribution in [0.2, 0.25) is 0 Å². The van der Waals surface area contributed by atoms with Crippen molar-refractivity contribution in [2.24, 2.45) is 0 Å². The molecule has 6 aromatic carbocycles. The summed E-state index contributed by atoms with van der Waals surface area (Å²) in [5.41, 5.74) is 7.87. The molecule has 1 aliphatic carbocycles. The minimum atomic E-state index is 0.0118. The Balaban J connectivity index is 1.27. The van der Waals surface area contributed by atoms with Gasteiger partial charge in [0, 0.05) is 33.0 Å². The molecular weight excluding hydrogens is 476 g/mol. The Kier molecular flexibility index (Phi) is 4.17. The number of nitrogens with zero attached hydrogens (tertiary/aromatic N) is 2. The van der Waals surface area contributed by atoms with Gasteiger partial charge in [-0.25, -0.2) is 9.97 Å². The van der Waals surface area contributed by atoms with Gasteiger partial charge in [-0.05, 0) is 46.0 Å². The Morgan fingerprint density at radius 1 is 0.538 bits per heavy atom. The van der Waals surface area contributed by atoms with Crippen molar-refractivity contribution >= 4 is 32.4 Å². The molecule has 3 nitrogen and oxygen atoms in total. The second-order valence-corrected chi connectivity index (χ2v) is 10.5. The van der Waals surface area contributed by atoms with Crippen molar-refractivity contribution in [2.75, 3.05) is 0 Å². The zero-order chi connectivity index (χ0) is 25.5. The molecular formula is C36H22N2O. The molecule has 2 unspecified atom stereocenters. The van der Waals surface area contributed by atoms with E-state index in [1.54, 1.807) is 0 Å². The summed E-state index contributed by atoms with van der Waals surface area (Å²) in [5.74, 6) is 1.86. The van der Waals surface area contributed by atoms with Crippen molar-refractivity contribution in [3.63, 3.8) is 0 Å². The zero-order valence-corrected chi connectivity index (χ0v) is 21.0. The second-order valence-electron chi connectivity index (χ2n) is 10.5. The largest absolute Gasteiger partial charge is 0.484 e. The maximum Gasteiger partial charge on any atom is 0.160 e. The van der Waals surface area contributed by atoms with E-state index in [-0.39, 0.29) is 12.0 Å². The second kappa shape index (κ2) is 7.75. The van der Waals surface area contributed by atoms with Gasteiger partial charge in [-0.3, -0.25) is 0 Å². The van der Waals surface area contributed by atoms with Gasteiger partial charge in [0.2, 0.25) is 0 Å². The van der Waals surface area contributed by atoms with E-state index >= 15 is 0 Å². The van der Waals surface area contributed by atoms with Crippen LogP contribution in [0.3, 0.4) is 0 Å². The smallest absolute Gasteiger partial charge is 0.160 e. The molecule has 7 aromatic rings. The summed E-state index contributed by atoms with van der Waals surface area (Å²) in [6.07, 6.45) is 0.0118. The first-order valence-electron chi connectivity index (χ1n) is 13.4. The molecule has 2 heterocycles. The Morgan fingerprint density at radius 2 is 1.33 bits per heavy atom. The van der Waals surface area contributed by atoms with E-state index in [9.17, 15) is 0 Å². The lowest BCUT2D eigenvalue weighted by molar-refractivity contribution is 0.230. The van der Waals surface area contributed by atoms with E-state index < -0.39 is 0 Å². The Hall–Kier alpha value is -5.02. The van der Waals surface area contributed by atoms with Crippen LogP contribution in [0, 0.1) is 0 Å². The Labute approximate surface area is 225 Å². The lowest BCUT2D eigenvalue weighted by Gasteiger charge is -2.13. The summed E-state index contributed by atoms with van der Waals surface area (Å²) in [5, 5.41) is 5.99. The van der Waals surface area contributed by atoms with Crippen LogP contribution in [-0.4, -0.2) is 9.97 Å². The van der Waals surface area contributed by atoms with E-state index in [1.807, 2.05) is 6.07 Å². The molecule has 39 heavy (non-hydrogen) atoms. The third-order valence-electron chi connectivity index (χ3n) is 8.41. The first-order valence-corrected chi connectivity index (χ1v) is 13.4. The molecule has 3 heteroatoms. The van der Waals surface area contributed by atoms with Gasteiger partial charge in [0.1, 0.15) is 11.9 Å². The van der Waals surface area contributed by atoms with Crippen LogP contribution < -0.4 is 4.74 Å². The number of benzene rings is 6. The van der Waals surface area contributed by atoms with Crippen LogP contribution >= 0.6 is 0 Å². The summed E-state index contributed by atoms with van der Waals surface area (Å²) < 4.78 is 6.57. The first-order chi connectivity index (χ1) is 19.3. The topological polar surface area (TPSA) is 35.0 Å². The molecule has 182 valence electrons. The zero-order valence-electron chi connectivity index (χ0n) is 21.0. The van der Waals surface area contributed by atoms with Gasteiger partial charge in [0.25, 0.3) is 0 Å². The van der Waals surface area contributed by atoms with Gasteiger partial charge < -0.3 is 4.74 Å². The highest BCUT2D eigenvalue weighted by molar-refractivity contribution is 6.09.